The van der Waals surface area contributed by atoms with Gasteiger partial charge in [-0.2, -0.15) is 0 Å². The van der Waals surface area contributed by atoms with E-state index in [-0.39, 0.29) is 17.6 Å². The monoisotopic (exact) mass is 373 g/mol. The lowest BCUT2D eigenvalue weighted by Crippen LogP contribution is -2.52. The van der Waals surface area contributed by atoms with Gasteiger partial charge in [-0.1, -0.05) is 0 Å². The van der Waals surface area contributed by atoms with Crippen molar-refractivity contribution in [3.63, 3.8) is 0 Å². The Morgan fingerprint density at radius 3 is 2.81 bits per heavy atom. The molecule has 2 aliphatic heterocycles. The fourth-order valence-corrected chi connectivity index (χ4v) is 4.67. The molecule has 1 atom stereocenters. The van der Waals surface area contributed by atoms with Gasteiger partial charge in [0, 0.05) is 38.3 Å². The van der Waals surface area contributed by atoms with Crippen LogP contribution in [0, 0.1) is 6.92 Å². The molecule has 1 spiro atoms. The van der Waals surface area contributed by atoms with E-state index in [1.54, 1.807) is 18.5 Å². The topological polar surface area (TPSA) is 64.6 Å². The molecule has 0 radical (unpaired) electrons. The number of aryl methyl sites for hydroxylation is 1. The average molecular weight is 373 g/mol. The van der Waals surface area contributed by atoms with Crippen LogP contribution in [0.15, 0.2) is 29.9 Å². The van der Waals surface area contributed by atoms with Crippen LogP contribution in [0.5, 0.6) is 6.01 Å². The number of hydrogen-bond donors (Lipinski definition) is 0. The van der Waals surface area contributed by atoms with Crippen molar-refractivity contribution in [2.24, 2.45) is 0 Å². The molecule has 2 aromatic rings. The van der Waals surface area contributed by atoms with Gasteiger partial charge in [0.15, 0.2) is 0 Å². The van der Waals surface area contributed by atoms with Crippen molar-refractivity contribution >= 4 is 17.2 Å². The molecule has 26 heavy (non-hydrogen) atoms. The fourth-order valence-electron chi connectivity index (χ4n) is 3.78. The zero-order valence-electron chi connectivity index (χ0n) is 14.9. The van der Waals surface area contributed by atoms with Gasteiger partial charge < -0.3 is 14.4 Å². The van der Waals surface area contributed by atoms with Crippen LogP contribution in [0.2, 0.25) is 0 Å². The SMILES string of the molecule is Cc1ccsc1C(=O)N1CCC2(CC1)CC(Oc1ncccn1)CCO2. The molecule has 6 nitrogen and oxygen atoms in total. The van der Waals surface area contributed by atoms with Crippen LogP contribution in [-0.2, 0) is 4.74 Å². The van der Waals surface area contributed by atoms with E-state index in [4.69, 9.17) is 9.47 Å². The number of rotatable bonds is 3. The fraction of sp³-hybridized carbons (Fsp3) is 0.526. The predicted octanol–water partition coefficient (Wildman–Crippen LogP) is 3.08. The predicted molar refractivity (Wildman–Crippen MR) is 98.6 cm³/mol. The molecule has 7 heteroatoms. The Bertz CT molecular complexity index is 756. The van der Waals surface area contributed by atoms with E-state index in [1.807, 2.05) is 23.3 Å². The summed E-state index contributed by atoms with van der Waals surface area (Å²) in [7, 11) is 0. The maximum absolute atomic E-state index is 12.7. The molecule has 1 amide bonds. The van der Waals surface area contributed by atoms with Crippen molar-refractivity contribution in [3.05, 3.63) is 40.3 Å². The zero-order valence-corrected chi connectivity index (χ0v) is 15.7. The molecular weight excluding hydrogens is 350 g/mol. The molecule has 0 aromatic carbocycles. The molecule has 0 N–H and O–H groups in total. The second-order valence-electron chi connectivity index (χ2n) is 7.02. The Morgan fingerprint density at radius 1 is 1.35 bits per heavy atom. The molecule has 2 aromatic heterocycles. The summed E-state index contributed by atoms with van der Waals surface area (Å²) in [5.74, 6) is 0.147. The summed E-state index contributed by atoms with van der Waals surface area (Å²) in [6.45, 7) is 4.12. The van der Waals surface area contributed by atoms with Crippen molar-refractivity contribution in [1.29, 1.82) is 0 Å². The van der Waals surface area contributed by atoms with E-state index in [0.717, 1.165) is 49.2 Å². The number of carbonyl (C=O) groups is 1. The molecule has 2 fully saturated rings. The lowest BCUT2D eigenvalue weighted by molar-refractivity contribution is -0.135. The first kappa shape index (κ1) is 17.4. The molecule has 4 heterocycles. The lowest BCUT2D eigenvalue weighted by atomic mass is 9.83. The molecule has 2 aliphatic rings. The number of ether oxygens (including phenoxy) is 2. The highest BCUT2D eigenvalue weighted by molar-refractivity contribution is 7.12. The third-order valence-corrected chi connectivity index (χ3v) is 6.28. The minimum absolute atomic E-state index is 0.0629. The number of piperidine rings is 1. The van der Waals surface area contributed by atoms with Crippen LogP contribution in [0.1, 0.15) is 40.9 Å². The summed E-state index contributed by atoms with van der Waals surface area (Å²) >= 11 is 1.52. The van der Waals surface area contributed by atoms with Crippen LogP contribution < -0.4 is 4.74 Å². The maximum atomic E-state index is 12.7. The van der Waals surface area contributed by atoms with Gasteiger partial charge in [0.2, 0.25) is 0 Å². The minimum atomic E-state index is -0.195. The number of carbonyl (C=O) groups excluding carboxylic acids is 1. The first-order valence-corrected chi connectivity index (χ1v) is 9.94. The Balaban J connectivity index is 1.37. The zero-order chi connectivity index (χ0) is 18.0. The molecular formula is C19H23N3O3S. The Kier molecular flexibility index (Phi) is 4.91. The Labute approximate surface area is 157 Å². The Morgan fingerprint density at radius 2 is 2.12 bits per heavy atom. The number of amides is 1. The number of hydrogen-bond acceptors (Lipinski definition) is 6. The van der Waals surface area contributed by atoms with Crippen LogP contribution >= 0.6 is 11.3 Å². The first-order valence-electron chi connectivity index (χ1n) is 9.06. The molecule has 4 rings (SSSR count). The van der Waals surface area contributed by atoms with E-state index < -0.39 is 0 Å². The van der Waals surface area contributed by atoms with E-state index in [2.05, 4.69) is 9.97 Å². The second kappa shape index (κ2) is 7.32. The van der Waals surface area contributed by atoms with Crippen LogP contribution in [0.4, 0.5) is 0 Å². The summed E-state index contributed by atoms with van der Waals surface area (Å²) in [5, 5.41) is 1.98. The molecule has 1 unspecified atom stereocenters. The van der Waals surface area contributed by atoms with Crippen molar-refractivity contribution in [2.45, 2.75) is 44.3 Å². The van der Waals surface area contributed by atoms with Crippen molar-refractivity contribution in [3.8, 4) is 6.01 Å². The summed E-state index contributed by atoms with van der Waals surface area (Å²) in [5.41, 5.74) is 0.865. The largest absolute Gasteiger partial charge is 0.460 e. The van der Waals surface area contributed by atoms with Crippen molar-refractivity contribution < 1.29 is 14.3 Å². The highest BCUT2D eigenvalue weighted by Gasteiger charge is 2.42. The first-order chi connectivity index (χ1) is 12.7. The quantitative estimate of drug-likeness (QED) is 0.827. The van der Waals surface area contributed by atoms with Gasteiger partial charge in [0.05, 0.1) is 17.1 Å². The van der Waals surface area contributed by atoms with Gasteiger partial charge in [-0.15, -0.1) is 11.3 Å². The Hall–Kier alpha value is -1.99. The molecule has 0 bridgehead atoms. The van der Waals surface area contributed by atoms with Gasteiger partial charge in [0.25, 0.3) is 5.91 Å². The second-order valence-corrected chi connectivity index (χ2v) is 7.94. The van der Waals surface area contributed by atoms with Gasteiger partial charge in [-0.3, -0.25) is 4.79 Å². The van der Waals surface area contributed by atoms with E-state index in [0.29, 0.717) is 12.6 Å². The smallest absolute Gasteiger partial charge is 0.316 e. The molecule has 0 saturated carbocycles. The summed E-state index contributed by atoms with van der Waals surface area (Å²) in [6, 6.07) is 4.21. The van der Waals surface area contributed by atoms with Crippen LogP contribution in [0.25, 0.3) is 0 Å². The minimum Gasteiger partial charge on any atom is -0.460 e. The number of nitrogens with zero attached hydrogens (tertiary/aromatic N) is 3. The highest BCUT2D eigenvalue weighted by Crippen LogP contribution is 2.36. The summed E-state index contributed by atoms with van der Waals surface area (Å²) in [4.78, 5) is 23.8. The van der Waals surface area contributed by atoms with Crippen LogP contribution in [0.3, 0.4) is 0 Å². The standard InChI is InChI=1S/C19H23N3O3S/c1-14-4-12-26-16(14)17(23)22-9-5-19(6-10-22)13-15(3-11-24-19)25-18-20-7-2-8-21-18/h2,4,7-8,12,15H,3,5-6,9-11,13H2,1H3. The lowest BCUT2D eigenvalue weighted by Gasteiger charge is -2.45. The van der Waals surface area contributed by atoms with E-state index in [9.17, 15) is 4.79 Å². The summed E-state index contributed by atoms with van der Waals surface area (Å²) < 4.78 is 12.1. The molecule has 138 valence electrons. The molecule has 2 saturated heterocycles. The number of likely N-dealkylation sites (tertiary alicyclic amines) is 1. The van der Waals surface area contributed by atoms with Gasteiger partial charge in [-0.25, -0.2) is 9.97 Å². The molecule has 0 aliphatic carbocycles. The third-order valence-electron chi connectivity index (χ3n) is 5.28. The van der Waals surface area contributed by atoms with Gasteiger partial charge in [-0.05, 0) is 42.8 Å². The van der Waals surface area contributed by atoms with Crippen molar-refractivity contribution in [1.82, 2.24) is 14.9 Å². The van der Waals surface area contributed by atoms with E-state index in [1.165, 1.54) is 11.3 Å². The van der Waals surface area contributed by atoms with Gasteiger partial charge >= 0.3 is 6.01 Å². The average Bonchev–Trinajstić information content (AvgIpc) is 3.09. The highest BCUT2D eigenvalue weighted by atomic mass is 32.1. The summed E-state index contributed by atoms with van der Waals surface area (Å²) in [6.07, 6.45) is 6.80. The third kappa shape index (κ3) is 3.59. The number of aromatic nitrogens is 2. The maximum Gasteiger partial charge on any atom is 0.316 e. The van der Waals surface area contributed by atoms with Crippen molar-refractivity contribution in [2.75, 3.05) is 19.7 Å². The normalized spacial score (nSPS) is 22.3. The van der Waals surface area contributed by atoms with Gasteiger partial charge in [0.1, 0.15) is 6.10 Å². The number of thiophene rings is 1. The van der Waals surface area contributed by atoms with E-state index >= 15 is 0 Å². The van der Waals surface area contributed by atoms with Crippen LogP contribution in [-0.4, -0.2) is 52.2 Å².